The summed E-state index contributed by atoms with van der Waals surface area (Å²) >= 11 is 0. The van der Waals surface area contributed by atoms with Gasteiger partial charge in [0.15, 0.2) is 34.0 Å². The van der Waals surface area contributed by atoms with Gasteiger partial charge in [-0.25, -0.2) is 19.9 Å². The number of H-pyrrole nitrogens is 1. The maximum atomic E-state index is 13.8. The van der Waals surface area contributed by atoms with E-state index in [0.29, 0.717) is 42.7 Å². The van der Waals surface area contributed by atoms with Crippen LogP contribution in [0, 0.1) is 0 Å². The maximum absolute atomic E-state index is 13.8. The highest BCUT2D eigenvalue weighted by Crippen LogP contribution is 2.41. The van der Waals surface area contributed by atoms with E-state index in [1.807, 2.05) is 13.8 Å². The van der Waals surface area contributed by atoms with Gasteiger partial charge in [0.2, 0.25) is 5.75 Å². The number of unbranched alkanes of at least 4 members (excludes halogenated alkanes) is 3. The molecule has 0 fully saturated rings. The fourth-order valence-corrected chi connectivity index (χ4v) is 5.77. The summed E-state index contributed by atoms with van der Waals surface area (Å²) in [7, 11) is -2.94. The predicted molar refractivity (Wildman–Crippen MR) is 193 cm³/mol. The van der Waals surface area contributed by atoms with Gasteiger partial charge in [0.1, 0.15) is 18.9 Å². The van der Waals surface area contributed by atoms with Gasteiger partial charge >= 0.3 is 6.16 Å². The van der Waals surface area contributed by atoms with Gasteiger partial charge < -0.3 is 23.7 Å². The highest BCUT2D eigenvalue weighted by Gasteiger charge is 2.26. The van der Waals surface area contributed by atoms with Gasteiger partial charge in [0, 0.05) is 18.0 Å². The fourth-order valence-electron chi connectivity index (χ4n) is 4.83. The zero-order chi connectivity index (χ0) is 39.9. The van der Waals surface area contributed by atoms with Gasteiger partial charge in [-0.1, -0.05) is 38.5 Å². The molecule has 0 unspecified atom stereocenters. The molecular weight excluding hydrogens is 757 g/mol. The molecule has 5 rings (SSSR count). The first-order valence-electron chi connectivity index (χ1n) is 17.2. The second kappa shape index (κ2) is 20.0. The Morgan fingerprint density at radius 3 is 2.39 bits per heavy atom. The minimum absolute atomic E-state index is 0.0127. The number of aromatic amines is 1. The molecule has 0 atom stereocenters. The minimum Gasteiger partial charge on any atom is -0.493 e. The molecule has 22 heteroatoms. The number of hydrogen-bond acceptors (Lipinski definition) is 19. The van der Waals surface area contributed by atoms with Crippen molar-refractivity contribution in [2.75, 3.05) is 38.3 Å². The second-order valence-corrected chi connectivity index (χ2v) is 13.6. The topological polar surface area (TPSA) is 268 Å². The molecule has 4 aromatic heterocycles. The lowest BCUT2D eigenvalue weighted by Crippen LogP contribution is -2.18. The Hall–Kier alpha value is -6.07. The monoisotopic (exact) mass is 796 g/mol. The number of aromatic nitrogens is 8. The van der Waals surface area contributed by atoms with Gasteiger partial charge in [0.05, 0.1) is 25.7 Å². The number of anilines is 1. The Morgan fingerprint density at radius 2 is 1.70 bits per heavy atom. The first-order valence-corrected chi connectivity index (χ1v) is 18.7. The molecule has 0 aliphatic carbocycles. The van der Waals surface area contributed by atoms with Crippen molar-refractivity contribution >= 4 is 22.0 Å². The average Bonchev–Trinajstić information content (AvgIpc) is 3.74. The number of carbonyl (C=O) groups excluding carboxylic acids is 1. The number of rotatable bonds is 21. The number of para-hydroxylation sites is 2. The molecule has 1 aromatic carbocycles. The van der Waals surface area contributed by atoms with E-state index in [9.17, 15) is 13.2 Å². The van der Waals surface area contributed by atoms with Crippen LogP contribution in [0.1, 0.15) is 51.0 Å². The van der Waals surface area contributed by atoms with E-state index in [1.165, 1.54) is 25.6 Å². The van der Waals surface area contributed by atoms with Crippen LogP contribution in [0.15, 0.2) is 66.0 Å². The SMILES string of the molecule is COc1ccccc1Oc1c(NS(=O)(=O)c2ccc(C(C)C)cn2)nc(-c2ccnc(-c3nnn[nH]3)c2)nc1OCCOC(=O)OCCCCCCON(O)O. The molecule has 0 aliphatic heterocycles. The van der Waals surface area contributed by atoms with Gasteiger partial charge in [-0.3, -0.25) is 25.0 Å². The Labute approximate surface area is 320 Å². The second-order valence-electron chi connectivity index (χ2n) is 11.9. The molecule has 5 aromatic rings. The van der Waals surface area contributed by atoms with Crippen molar-refractivity contribution in [3.05, 3.63) is 66.5 Å². The van der Waals surface area contributed by atoms with Crippen LogP contribution in [-0.4, -0.2) is 104 Å². The lowest BCUT2D eigenvalue weighted by Gasteiger charge is -2.18. The number of nitrogens with one attached hydrogen (secondary N) is 2. The molecular formula is C34H40N10O11S. The van der Waals surface area contributed by atoms with Crippen molar-refractivity contribution in [3.8, 4) is 46.0 Å². The number of nitrogens with zero attached hydrogens (tertiary/aromatic N) is 8. The van der Waals surface area contributed by atoms with E-state index in [0.717, 1.165) is 5.56 Å². The lowest BCUT2D eigenvalue weighted by molar-refractivity contribution is -0.492. The molecule has 298 valence electrons. The molecule has 0 spiro atoms. The smallest absolute Gasteiger partial charge is 0.493 e. The summed E-state index contributed by atoms with van der Waals surface area (Å²) in [5.41, 5.74) is 1.55. The zero-order valence-electron chi connectivity index (χ0n) is 30.6. The number of sulfonamides is 1. The van der Waals surface area contributed by atoms with Crippen LogP contribution in [0.3, 0.4) is 0 Å². The Balaban J connectivity index is 1.42. The molecule has 0 saturated heterocycles. The molecule has 4 heterocycles. The Kier molecular flexibility index (Phi) is 14.7. The van der Waals surface area contributed by atoms with Crippen LogP contribution in [-0.2, 0) is 24.3 Å². The normalized spacial score (nSPS) is 11.4. The largest absolute Gasteiger partial charge is 0.508 e. The van der Waals surface area contributed by atoms with Crippen molar-refractivity contribution in [2.45, 2.75) is 50.5 Å². The highest BCUT2D eigenvalue weighted by molar-refractivity contribution is 7.92. The van der Waals surface area contributed by atoms with Crippen molar-refractivity contribution in [1.82, 2.24) is 45.9 Å². The van der Waals surface area contributed by atoms with Gasteiger partial charge in [-0.2, -0.15) is 13.4 Å². The van der Waals surface area contributed by atoms with E-state index in [4.69, 9.17) is 34.1 Å². The van der Waals surface area contributed by atoms with Crippen LogP contribution in [0.5, 0.6) is 23.1 Å². The number of tetrazole rings is 1. The summed E-state index contributed by atoms with van der Waals surface area (Å²) < 4.78 is 58.1. The fraction of sp³-hybridized carbons (Fsp3) is 0.353. The van der Waals surface area contributed by atoms with Gasteiger partial charge in [-0.05, 0) is 71.5 Å². The quantitative estimate of drug-likeness (QED) is 0.0435. The van der Waals surface area contributed by atoms with Crippen LogP contribution in [0.25, 0.3) is 22.9 Å². The van der Waals surface area contributed by atoms with Crippen LogP contribution < -0.4 is 18.9 Å². The number of ether oxygens (including phenoxy) is 5. The summed E-state index contributed by atoms with van der Waals surface area (Å²) in [5, 5.41) is 30.2. The first-order chi connectivity index (χ1) is 27.0. The zero-order valence-corrected chi connectivity index (χ0v) is 31.4. The molecule has 0 aliphatic rings. The summed E-state index contributed by atoms with van der Waals surface area (Å²) in [6, 6.07) is 12.9. The van der Waals surface area contributed by atoms with Crippen LogP contribution >= 0.6 is 0 Å². The summed E-state index contributed by atoms with van der Waals surface area (Å²) in [5.74, 6) is 0.0573. The average molecular weight is 797 g/mol. The van der Waals surface area contributed by atoms with E-state index in [2.05, 4.69) is 50.1 Å². The van der Waals surface area contributed by atoms with Crippen LogP contribution in [0.2, 0.25) is 0 Å². The number of carbonyl (C=O) groups is 1. The van der Waals surface area contributed by atoms with Crippen molar-refractivity contribution in [2.24, 2.45) is 0 Å². The third-order valence-corrected chi connectivity index (χ3v) is 8.92. The first kappa shape index (κ1) is 41.1. The maximum Gasteiger partial charge on any atom is 0.508 e. The van der Waals surface area contributed by atoms with Crippen LogP contribution in [0.4, 0.5) is 10.6 Å². The van der Waals surface area contributed by atoms with E-state index in [1.54, 1.807) is 42.5 Å². The van der Waals surface area contributed by atoms with Crippen molar-refractivity contribution in [1.29, 1.82) is 0 Å². The minimum atomic E-state index is -4.38. The predicted octanol–water partition coefficient (Wildman–Crippen LogP) is 4.94. The summed E-state index contributed by atoms with van der Waals surface area (Å²) in [6.45, 7) is 3.58. The highest BCUT2D eigenvalue weighted by atomic mass is 32.2. The molecule has 4 N–H and O–H groups in total. The Morgan fingerprint density at radius 1 is 0.929 bits per heavy atom. The number of benzene rings is 1. The van der Waals surface area contributed by atoms with E-state index < -0.39 is 16.2 Å². The summed E-state index contributed by atoms with van der Waals surface area (Å²) in [4.78, 5) is 34.4. The standard InChI is InChI=1S/C34H40N10O11S/c1-22(2)24-12-13-28(36-21-24)56(48,49)41-32-29(55-27-11-7-6-10-26(27)50-3)33(38-30(37-32)23-14-15-35-25(20-23)31-39-42-43-40-31)51-18-19-53-34(45)52-16-8-4-5-9-17-54-44(46)47/h6-7,10-15,20-22,46-47H,4-5,8-9,16-19H2,1-3H3,(H,37,38,41)(H,39,40,42,43). The third-order valence-electron chi connectivity index (χ3n) is 7.66. The number of hydrogen-bond donors (Lipinski definition) is 4. The number of methoxy groups -OCH3 is 1. The molecule has 0 saturated carbocycles. The third kappa shape index (κ3) is 11.7. The Bertz CT molecular complexity index is 2120. The van der Waals surface area contributed by atoms with E-state index >= 15 is 0 Å². The molecule has 0 radical (unpaired) electrons. The molecule has 56 heavy (non-hydrogen) atoms. The lowest BCUT2D eigenvalue weighted by atomic mass is 10.1. The van der Waals surface area contributed by atoms with Crippen molar-refractivity contribution in [3.63, 3.8) is 0 Å². The van der Waals surface area contributed by atoms with Gasteiger partial charge in [0.25, 0.3) is 15.9 Å². The molecule has 0 amide bonds. The van der Waals surface area contributed by atoms with E-state index in [-0.39, 0.29) is 77.6 Å². The molecule has 21 nitrogen and oxygen atoms in total. The summed E-state index contributed by atoms with van der Waals surface area (Å²) in [6.07, 6.45) is 4.53. The van der Waals surface area contributed by atoms with Gasteiger partial charge in [-0.15, -0.1) is 5.10 Å². The molecule has 0 bridgehead atoms. The van der Waals surface area contributed by atoms with Crippen molar-refractivity contribution < 1.29 is 52.1 Å². The number of pyridine rings is 2.